The van der Waals surface area contributed by atoms with Crippen LogP contribution < -0.4 is 0 Å². The Morgan fingerprint density at radius 3 is 2.65 bits per heavy atom. The fourth-order valence-corrected chi connectivity index (χ4v) is 5.78. The SMILES string of the molecule is CSc1cccc(C(=O)N2CC[C@@H](c3ccccc3Cl)S(=O)(=O)CC2)c1. The van der Waals surface area contributed by atoms with Gasteiger partial charge in [0.1, 0.15) is 0 Å². The van der Waals surface area contributed by atoms with Crippen molar-refractivity contribution >= 4 is 39.1 Å². The van der Waals surface area contributed by atoms with E-state index in [9.17, 15) is 13.2 Å². The topological polar surface area (TPSA) is 54.5 Å². The van der Waals surface area contributed by atoms with Crippen LogP contribution >= 0.6 is 23.4 Å². The normalized spacial score (nSPS) is 19.8. The second-order valence-electron chi connectivity index (χ2n) is 6.19. The number of benzene rings is 2. The zero-order valence-electron chi connectivity index (χ0n) is 14.4. The molecule has 4 nitrogen and oxygen atoms in total. The molecule has 0 spiro atoms. The summed E-state index contributed by atoms with van der Waals surface area (Å²) in [6.07, 6.45) is 2.30. The molecule has 0 N–H and O–H groups in total. The minimum absolute atomic E-state index is 0.0587. The van der Waals surface area contributed by atoms with E-state index >= 15 is 0 Å². The Balaban J connectivity index is 1.84. The van der Waals surface area contributed by atoms with E-state index in [1.54, 1.807) is 47.0 Å². The van der Waals surface area contributed by atoms with E-state index in [0.717, 1.165) is 4.90 Å². The Kier molecular flexibility index (Phi) is 5.95. The van der Waals surface area contributed by atoms with Gasteiger partial charge in [0.05, 0.1) is 11.0 Å². The minimum atomic E-state index is -3.38. The lowest BCUT2D eigenvalue weighted by Crippen LogP contribution is -2.33. The third-order valence-electron chi connectivity index (χ3n) is 4.60. The molecule has 26 heavy (non-hydrogen) atoms. The summed E-state index contributed by atoms with van der Waals surface area (Å²) in [5, 5.41) is -0.222. The average Bonchev–Trinajstić information content (AvgIpc) is 2.80. The number of rotatable bonds is 3. The molecule has 3 rings (SSSR count). The molecule has 1 heterocycles. The maximum absolute atomic E-state index is 12.8. The highest BCUT2D eigenvalue weighted by Crippen LogP contribution is 2.34. The summed E-state index contributed by atoms with van der Waals surface area (Å²) < 4.78 is 25.5. The molecule has 1 aliphatic heterocycles. The van der Waals surface area contributed by atoms with E-state index in [1.807, 2.05) is 24.5 Å². The van der Waals surface area contributed by atoms with Crippen LogP contribution in [0.2, 0.25) is 5.02 Å². The Morgan fingerprint density at radius 1 is 1.15 bits per heavy atom. The number of thioether (sulfide) groups is 1. The van der Waals surface area contributed by atoms with Crippen LogP contribution in [0, 0.1) is 0 Å². The van der Waals surface area contributed by atoms with Gasteiger partial charge >= 0.3 is 0 Å². The van der Waals surface area contributed by atoms with Gasteiger partial charge in [0.2, 0.25) is 0 Å². The molecule has 7 heteroatoms. The van der Waals surface area contributed by atoms with Gasteiger partial charge in [-0.2, -0.15) is 0 Å². The van der Waals surface area contributed by atoms with Gasteiger partial charge in [-0.1, -0.05) is 35.9 Å². The van der Waals surface area contributed by atoms with Gasteiger partial charge < -0.3 is 4.90 Å². The molecule has 0 saturated carbocycles. The number of amides is 1. The molecule has 1 atom stereocenters. The van der Waals surface area contributed by atoms with Gasteiger partial charge in [0.25, 0.3) is 5.91 Å². The van der Waals surface area contributed by atoms with E-state index in [0.29, 0.717) is 29.1 Å². The molecule has 1 amide bonds. The predicted molar refractivity (Wildman–Crippen MR) is 107 cm³/mol. The third-order valence-corrected chi connectivity index (χ3v) is 7.77. The Hall–Kier alpha value is -1.50. The van der Waals surface area contributed by atoms with Crippen LogP contribution in [0.5, 0.6) is 0 Å². The summed E-state index contributed by atoms with van der Waals surface area (Å²) in [6, 6.07) is 14.4. The average molecular weight is 410 g/mol. The van der Waals surface area contributed by atoms with Crippen LogP contribution in [-0.2, 0) is 9.84 Å². The largest absolute Gasteiger partial charge is 0.338 e. The van der Waals surface area contributed by atoms with Crippen molar-refractivity contribution in [3.05, 3.63) is 64.7 Å². The van der Waals surface area contributed by atoms with Crippen molar-refractivity contribution in [2.45, 2.75) is 16.6 Å². The van der Waals surface area contributed by atoms with Crippen molar-refractivity contribution < 1.29 is 13.2 Å². The molecule has 138 valence electrons. The smallest absolute Gasteiger partial charge is 0.253 e. The molecular formula is C19H20ClNO3S2. The first-order chi connectivity index (χ1) is 12.4. The molecule has 0 aliphatic carbocycles. The fourth-order valence-electron chi connectivity index (χ4n) is 3.17. The van der Waals surface area contributed by atoms with Gasteiger partial charge in [-0.05, 0) is 42.5 Å². The van der Waals surface area contributed by atoms with Gasteiger partial charge in [-0.25, -0.2) is 8.42 Å². The van der Waals surface area contributed by atoms with E-state index in [4.69, 9.17) is 11.6 Å². The molecule has 0 aromatic heterocycles. The van der Waals surface area contributed by atoms with Crippen molar-refractivity contribution in [2.75, 3.05) is 25.1 Å². The summed E-state index contributed by atoms with van der Waals surface area (Å²) in [5.74, 6) is -0.187. The van der Waals surface area contributed by atoms with Gasteiger partial charge in [0, 0.05) is 28.6 Å². The lowest BCUT2D eigenvalue weighted by molar-refractivity contribution is 0.0766. The molecule has 1 saturated heterocycles. The highest BCUT2D eigenvalue weighted by molar-refractivity contribution is 7.98. The molecule has 2 aromatic rings. The van der Waals surface area contributed by atoms with Crippen LogP contribution in [0.3, 0.4) is 0 Å². The van der Waals surface area contributed by atoms with Crippen LogP contribution in [0.15, 0.2) is 53.4 Å². The lowest BCUT2D eigenvalue weighted by atomic mass is 10.1. The summed E-state index contributed by atoms with van der Waals surface area (Å²) in [4.78, 5) is 15.5. The first kappa shape index (κ1) is 19.3. The molecule has 0 unspecified atom stereocenters. The van der Waals surface area contributed by atoms with Crippen LogP contribution in [0.25, 0.3) is 0 Å². The molecule has 1 aliphatic rings. The van der Waals surface area contributed by atoms with Crippen LogP contribution in [0.4, 0.5) is 0 Å². The summed E-state index contributed by atoms with van der Waals surface area (Å²) in [7, 11) is -3.38. The van der Waals surface area contributed by atoms with Crippen molar-refractivity contribution in [1.82, 2.24) is 4.90 Å². The maximum atomic E-state index is 12.8. The molecule has 1 fully saturated rings. The summed E-state index contributed by atoms with van der Waals surface area (Å²) >= 11 is 7.79. The van der Waals surface area contributed by atoms with E-state index < -0.39 is 15.1 Å². The second kappa shape index (κ2) is 8.03. The predicted octanol–water partition coefficient (Wildman–Crippen LogP) is 4.06. The molecule has 0 radical (unpaired) electrons. The second-order valence-corrected chi connectivity index (χ2v) is 9.78. The highest BCUT2D eigenvalue weighted by atomic mass is 35.5. The number of halogens is 1. The first-order valence-electron chi connectivity index (χ1n) is 8.31. The van der Waals surface area contributed by atoms with Crippen molar-refractivity contribution in [3.63, 3.8) is 0 Å². The van der Waals surface area contributed by atoms with Gasteiger partial charge in [-0.15, -0.1) is 11.8 Å². The quantitative estimate of drug-likeness (QED) is 0.717. The van der Waals surface area contributed by atoms with E-state index in [2.05, 4.69) is 0 Å². The summed E-state index contributed by atoms with van der Waals surface area (Å²) in [6.45, 7) is 0.586. The minimum Gasteiger partial charge on any atom is -0.338 e. The highest BCUT2D eigenvalue weighted by Gasteiger charge is 2.33. The fraction of sp³-hybridized carbons (Fsp3) is 0.316. The Labute approximate surface area is 163 Å². The van der Waals surface area contributed by atoms with E-state index in [-0.39, 0.29) is 18.2 Å². The van der Waals surface area contributed by atoms with Crippen molar-refractivity contribution in [1.29, 1.82) is 0 Å². The van der Waals surface area contributed by atoms with Crippen LogP contribution in [0.1, 0.15) is 27.6 Å². The molecular weight excluding hydrogens is 390 g/mol. The monoisotopic (exact) mass is 409 g/mol. The zero-order valence-corrected chi connectivity index (χ0v) is 16.8. The van der Waals surface area contributed by atoms with Crippen LogP contribution in [-0.4, -0.2) is 44.3 Å². The van der Waals surface area contributed by atoms with Crippen molar-refractivity contribution in [2.24, 2.45) is 0 Å². The third kappa shape index (κ3) is 4.08. The number of sulfone groups is 1. The van der Waals surface area contributed by atoms with Gasteiger partial charge in [0.15, 0.2) is 9.84 Å². The number of hydrogen-bond donors (Lipinski definition) is 0. The number of hydrogen-bond acceptors (Lipinski definition) is 4. The zero-order chi connectivity index (χ0) is 18.7. The standard InChI is InChI=1S/C19H20ClNO3S2/c1-25-15-6-4-5-14(13-15)19(22)21-10-9-18(26(23,24)12-11-21)16-7-2-3-8-17(16)20/h2-8,13,18H,9-12H2,1H3/t18-/m0/s1. The lowest BCUT2D eigenvalue weighted by Gasteiger charge is -2.20. The molecule has 2 aromatic carbocycles. The Bertz CT molecular complexity index is 915. The number of nitrogens with zero attached hydrogens (tertiary/aromatic N) is 1. The maximum Gasteiger partial charge on any atom is 0.253 e. The van der Waals surface area contributed by atoms with Crippen molar-refractivity contribution in [3.8, 4) is 0 Å². The molecule has 0 bridgehead atoms. The van der Waals surface area contributed by atoms with E-state index in [1.165, 1.54) is 0 Å². The summed E-state index contributed by atoms with van der Waals surface area (Å²) in [5.41, 5.74) is 1.21. The van der Waals surface area contributed by atoms with Gasteiger partial charge in [-0.3, -0.25) is 4.79 Å². The Morgan fingerprint density at radius 2 is 1.92 bits per heavy atom. The first-order valence-corrected chi connectivity index (χ1v) is 11.6. The number of carbonyl (C=O) groups excluding carboxylic acids is 1. The number of carbonyl (C=O) groups is 1.